The van der Waals surface area contributed by atoms with Gasteiger partial charge in [-0.3, -0.25) is 10.1 Å². The van der Waals surface area contributed by atoms with Crippen LogP contribution in [0, 0.1) is 0 Å². The molecule has 0 aliphatic rings. The fourth-order valence-electron chi connectivity index (χ4n) is 2.47. The van der Waals surface area contributed by atoms with Gasteiger partial charge in [-0.1, -0.05) is 0 Å². The Bertz CT molecular complexity index is 296. The molecule has 0 saturated heterocycles. The third kappa shape index (κ3) is 8.39. The SMILES string of the molecule is CCOCC(C)OC(C)CC(C)(NC(C)C)C(=O)OCC. The van der Waals surface area contributed by atoms with Gasteiger partial charge in [-0.15, -0.1) is 0 Å². The summed E-state index contributed by atoms with van der Waals surface area (Å²) in [6, 6.07) is 0.187. The van der Waals surface area contributed by atoms with Gasteiger partial charge < -0.3 is 14.2 Å². The molecule has 0 saturated carbocycles. The first-order valence-electron chi connectivity index (χ1n) is 7.93. The van der Waals surface area contributed by atoms with Crippen molar-refractivity contribution in [2.24, 2.45) is 0 Å². The Morgan fingerprint density at radius 3 is 2.19 bits per heavy atom. The molecule has 0 aliphatic carbocycles. The van der Waals surface area contributed by atoms with E-state index in [0.29, 0.717) is 26.2 Å². The van der Waals surface area contributed by atoms with Crippen molar-refractivity contribution in [3.8, 4) is 0 Å². The molecule has 0 aromatic rings. The smallest absolute Gasteiger partial charge is 0.326 e. The highest BCUT2D eigenvalue weighted by molar-refractivity contribution is 5.80. The maximum Gasteiger partial charge on any atom is 0.326 e. The quantitative estimate of drug-likeness (QED) is 0.594. The van der Waals surface area contributed by atoms with Crippen LogP contribution in [0.1, 0.15) is 54.9 Å². The molecule has 0 amide bonds. The number of esters is 1. The number of hydrogen-bond acceptors (Lipinski definition) is 5. The van der Waals surface area contributed by atoms with Crippen LogP contribution >= 0.6 is 0 Å². The normalized spacial score (nSPS) is 17.3. The van der Waals surface area contributed by atoms with Gasteiger partial charge in [0.05, 0.1) is 25.4 Å². The summed E-state index contributed by atoms with van der Waals surface area (Å²) in [5.74, 6) is -0.230. The van der Waals surface area contributed by atoms with Gasteiger partial charge in [0.1, 0.15) is 5.54 Å². The first kappa shape index (κ1) is 20.3. The molecule has 0 radical (unpaired) electrons. The van der Waals surface area contributed by atoms with Gasteiger partial charge in [-0.25, -0.2) is 0 Å². The van der Waals surface area contributed by atoms with Crippen LogP contribution in [-0.4, -0.2) is 49.6 Å². The minimum atomic E-state index is -0.741. The van der Waals surface area contributed by atoms with E-state index in [0.717, 1.165) is 0 Å². The van der Waals surface area contributed by atoms with Crippen LogP contribution in [0.4, 0.5) is 0 Å². The van der Waals surface area contributed by atoms with Crippen molar-refractivity contribution >= 4 is 5.97 Å². The van der Waals surface area contributed by atoms with Gasteiger partial charge in [0.2, 0.25) is 0 Å². The maximum absolute atomic E-state index is 12.2. The van der Waals surface area contributed by atoms with Gasteiger partial charge in [-0.05, 0) is 48.5 Å². The molecule has 21 heavy (non-hydrogen) atoms. The molecule has 5 nitrogen and oxygen atoms in total. The Morgan fingerprint density at radius 1 is 1.10 bits per heavy atom. The van der Waals surface area contributed by atoms with Crippen molar-refractivity contribution in [3.05, 3.63) is 0 Å². The fraction of sp³-hybridized carbons (Fsp3) is 0.938. The van der Waals surface area contributed by atoms with E-state index in [9.17, 15) is 4.79 Å². The molecule has 3 unspecified atom stereocenters. The minimum Gasteiger partial charge on any atom is -0.465 e. The lowest BCUT2D eigenvalue weighted by atomic mass is 9.93. The van der Waals surface area contributed by atoms with Gasteiger partial charge >= 0.3 is 5.97 Å². The van der Waals surface area contributed by atoms with Crippen molar-refractivity contribution in [2.45, 2.75) is 78.7 Å². The monoisotopic (exact) mass is 303 g/mol. The lowest BCUT2D eigenvalue weighted by molar-refractivity contribution is -0.153. The predicted octanol–water partition coefficient (Wildman–Crippen LogP) is 2.53. The number of carbonyl (C=O) groups excluding carboxylic acids is 1. The lowest BCUT2D eigenvalue weighted by Crippen LogP contribution is -2.55. The van der Waals surface area contributed by atoms with Gasteiger partial charge in [0.25, 0.3) is 0 Å². The van der Waals surface area contributed by atoms with E-state index in [2.05, 4.69) is 5.32 Å². The molecule has 0 rings (SSSR count). The highest BCUT2D eigenvalue weighted by Crippen LogP contribution is 2.19. The molecule has 0 heterocycles. The standard InChI is InChI=1S/C16H33NO4/c1-8-19-11-14(6)21-13(5)10-16(7,17-12(3)4)15(18)20-9-2/h12-14,17H,8-11H2,1-7H3. The highest BCUT2D eigenvalue weighted by Gasteiger charge is 2.37. The van der Waals surface area contributed by atoms with E-state index in [1.54, 1.807) is 0 Å². The van der Waals surface area contributed by atoms with Crippen LogP contribution in [0.5, 0.6) is 0 Å². The molecule has 0 aromatic carbocycles. The summed E-state index contributed by atoms with van der Waals surface area (Å²) in [5, 5.41) is 3.30. The van der Waals surface area contributed by atoms with Crippen LogP contribution in [0.2, 0.25) is 0 Å². The van der Waals surface area contributed by atoms with Crippen molar-refractivity contribution in [1.82, 2.24) is 5.32 Å². The highest BCUT2D eigenvalue weighted by atomic mass is 16.5. The molecule has 0 spiro atoms. The predicted molar refractivity (Wildman–Crippen MR) is 84.4 cm³/mol. The zero-order valence-corrected chi connectivity index (χ0v) is 14.7. The maximum atomic E-state index is 12.2. The van der Waals surface area contributed by atoms with Crippen LogP contribution in [0.25, 0.3) is 0 Å². The van der Waals surface area contributed by atoms with Crippen molar-refractivity contribution in [2.75, 3.05) is 19.8 Å². The third-order valence-electron chi connectivity index (χ3n) is 3.05. The average Bonchev–Trinajstić information content (AvgIpc) is 2.35. The minimum absolute atomic E-state index is 0.00504. The average molecular weight is 303 g/mol. The van der Waals surface area contributed by atoms with Crippen molar-refractivity contribution in [1.29, 1.82) is 0 Å². The van der Waals surface area contributed by atoms with E-state index in [-0.39, 0.29) is 24.2 Å². The molecule has 1 N–H and O–H groups in total. The van der Waals surface area contributed by atoms with Crippen molar-refractivity contribution < 1.29 is 19.0 Å². The molecule has 3 atom stereocenters. The third-order valence-corrected chi connectivity index (χ3v) is 3.05. The molecule has 5 heteroatoms. The molecule has 0 aliphatic heterocycles. The van der Waals surface area contributed by atoms with Gasteiger partial charge in [0.15, 0.2) is 0 Å². The second-order valence-electron chi connectivity index (χ2n) is 5.97. The molecular weight excluding hydrogens is 270 g/mol. The zero-order valence-electron chi connectivity index (χ0n) is 14.7. The second-order valence-corrected chi connectivity index (χ2v) is 5.97. The Hall–Kier alpha value is -0.650. The topological polar surface area (TPSA) is 56.8 Å². The first-order valence-corrected chi connectivity index (χ1v) is 7.93. The summed E-state index contributed by atoms with van der Waals surface area (Å²) in [7, 11) is 0. The number of carbonyl (C=O) groups is 1. The number of ether oxygens (including phenoxy) is 3. The zero-order chi connectivity index (χ0) is 16.5. The Labute approximate surface area is 129 Å². The molecule has 126 valence electrons. The number of nitrogens with one attached hydrogen (secondary N) is 1. The summed E-state index contributed by atoms with van der Waals surface area (Å²) in [4.78, 5) is 12.2. The van der Waals surface area contributed by atoms with Gasteiger partial charge in [0, 0.05) is 19.1 Å². The van der Waals surface area contributed by atoms with E-state index < -0.39 is 5.54 Å². The largest absolute Gasteiger partial charge is 0.465 e. The number of rotatable bonds is 11. The molecule has 0 bridgehead atoms. The van der Waals surface area contributed by atoms with Crippen LogP contribution in [0.15, 0.2) is 0 Å². The Balaban J connectivity index is 4.61. The second kappa shape index (κ2) is 10.1. The van der Waals surface area contributed by atoms with E-state index in [1.165, 1.54) is 0 Å². The Morgan fingerprint density at radius 2 is 1.71 bits per heavy atom. The van der Waals surface area contributed by atoms with Crippen LogP contribution < -0.4 is 5.32 Å². The molecule has 0 fully saturated rings. The molecule has 0 aromatic heterocycles. The summed E-state index contributed by atoms with van der Waals surface area (Å²) in [6.45, 7) is 15.2. The summed E-state index contributed by atoms with van der Waals surface area (Å²) in [6.07, 6.45) is 0.493. The van der Waals surface area contributed by atoms with E-state index in [1.807, 2.05) is 48.5 Å². The summed E-state index contributed by atoms with van der Waals surface area (Å²) < 4.78 is 16.4. The van der Waals surface area contributed by atoms with Crippen LogP contribution in [-0.2, 0) is 19.0 Å². The van der Waals surface area contributed by atoms with E-state index >= 15 is 0 Å². The summed E-state index contributed by atoms with van der Waals surface area (Å²) in [5.41, 5.74) is -0.741. The lowest BCUT2D eigenvalue weighted by Gasteiger charge is -2.33. The van der Waals surface area contributed by atoms with Gasteiger partial charge in [-0.2, -0.15) is 0 Å². The number of hydrogen-bond donors (Lipinski definition) is 1. The summed E-state index contributed by atoms with van der Waals surface area (Å²) >= 11 is 0. The fourth-order valence-corrected chi connectivity index (χ4v) is 2.47. The van der Waals surface area contributed by atoms with Crippen LogP contribution in [0.3, 0.4) is 0 Å². The first-order chi connectivity index (χ1) is 9.75. The molecular formula is C16H33NO4. The Kier molecular flexibility index (Phi) is 9.83. The van der Waals surface area contributed by atoms with Crippen molar-refractivity contribution in [3.63, 3.8) is 0 Å². The van der Waals surface area contributed by atoms with E-state index in [4.69, 9.17) is 14.2 Å².